The molecule has 1 fully saturated rings. The van der Waals surface area contributed by atoms with E-state index in [2.05, 4.69) is 6.58 Å². The molecular formula is C15H16OS2. The molecule has 2 rings (SSSR count). The van der Waals surface area contributed by atoms with Gasteiger partial charge in [0, 0.05) is 17.9 Å². The molecule has 0 amide bonds. The second-order valence-corrected chi connectivity index (χ2v) is 6.49. The normalized spacial score (nSPS) is 20.3. The smallest absolute Gasteiger partial charge is 0.169 e. The number of ketones is 1. The van der Waals surface area contributed by atoms with Gasteiger partial charge in [0.1, 0.15) is 0 Å². The summed E-state index contributed by atoms with van der Waals surface area (Å²) in [6.07, 6.45) is 3.39. The van der Waals surface area contributed by atoms with Gasteiger partial charge in [-0.1, -0.05) is 36.9 Å². The average Bonchev–Trinajstić information content (AvgIpc) is 2.46. The fraction of sp³-hybridized carbons (Fsp3) is 0.267. The van der Waals surface area contributed by atoms with Gasteiger partial charge in [-0.25, -0.2) is 0 Å². The molecule has 0 spiro atoms. The molecule has 94 valence electrons. The van der Waals surface area contributed by atoms with Crippen molar-refractivity contribution in [3.8, 4) is 0 Å². The van der Waals surface area contributed by atoms with E-state index in [1.165, 1.54) is 0 Å². The van der Waals surface area contributed by atoms with Crippen LogP contribution < -0.4 is 0 Å². The van der Waals surface area contributed by atoms with Gasteiger partial charge in [-0.05, 0) is 23.0 Å². The third kappa shape index (κ3) is 4.07. The minimum absolute atomic E-state index is 0.243. The highest BCUT2D eigenvalue weighted by Gasteiger charge is 2.13. The van der Waals surface area contributed by atoms with Crippen LogP contribution in [-0.2, 0) is 4.79 Å². The Morgan fingerprint density at radius 1 is 1.06 bits per heavy atom. The van der Waals surface area contributed by atoms with Gasteiger partial charge in [0.15, 0.2) is 5.78 Å². The monoisotopic (exact) mass is 276 g/mol. The van der Waals surface area contributed by atoms with Crippen LogP contribution >= 0.6 is 23.5 Å². The average molecular weight is 276 g/mol. The van der Waals surface area contributed by atoms with E-state index in [-0.39, 0.29) is 5.78 Å². The molecule has 0 aromatic heterocycles. The maximum Gasteiger partial charge on any atom is 0.169 e. The number of carbonyl (C=O) groups excluding carboxylic acids is 1. The highest BCUT2D eigenvalue weighted by Crippen LogP contribution is 2.29. The Labute approximate surface area is 117 Å². The van der Waals surface area contributed by atoms with Crippen molar-refractivity contribution in [2.45, 2.75) is 12.8 Å². The minimum Gasteiger partial charge on any atom is -0.294 e. The molecule has 0 N–H and O–H groups in total. The van der Waals surface area contributed by atoms with Crippen LogP contribution in [0.4, 0.5) is 0 Å². The predicted molar refractivity (Wildman–Crippen MR) is 82.7 cm³/mol. The second-order valence-electron chi connectivity index (χ2n) is 4.08. The van der Waals surface area contributed by atoms with Crippen LogP contribution in [0.1, 0.15) is 18.4 Å². The zero-order valence-corrected chi connectivity index (χ0v) is 11.9. The maximum atomic E-state index is 12.1. The van der Waals surface area contributed by atoms with Crippen LogP contribution in [0.25, 0.3) is 6.08 Å². The second kappa shape index (κ2) is 6.86. The molecule has 0 aliphatic carbocycles. The van der Waals surface area contributed by atoms with Crippen molar-refractivity contribution in [3.05, 3.63) is 52.3 Å². The fourth-order valence-corrected chi connectivity index (χ4v) is 3.59. The number of benzene rings is 1. The summed E-state index contributed by atoms with van der Waals surface area (Å²) >= 11 is 3.45. The van der Waals surface area contributed by atoms with E-state index >= 15 is 0 Å². The van der Waals surface area contributed by atoms with Gasteiger partial charge in [0.2, 0.25) is 0 Å². The van der Waals surface area contributed by atoms with Gasteiger partial charge in [-0.2, -0.15) is 0 Å². The van der Waals surface area contributed by atoms with Gasteiger partial charge in [0.25, 0.3) is 0 Å². The third-order valence-corrected chi connectivity index (χ3v) is 4.99. The lowest BCUT2D eigenvalue weighted by Gasteiger charge is -2.04. The van der Waals surface area contributed by atoms with Crippen molar-refractivity contribution in [1.29, 1.82) is 0 Å². The van der Waals surface area contributed by atoms with E-state index in [1.54, 1.807) is 23.5 Å². The highest BCUT2D eigenvalue weighted by atomic mass is 32.2. The molecule has 1 aliphatic rings. The molecule has 0 saturated carbocycles. The Kier molecular flexibility index (Phi) is 5.14. The number of hydrogen-bond acceptors (Lipinski definition) is 3. The van der Waals surface area contributed by atoms with Crippen molar-refractivity contribution in [2.75, 3.05) is 11.5 Å². The lowest BCUT2D eigenvalue weighted by Crippen LogP contribution is -1.99. The zero-order chi connectivity index (χ0) is 12.8. The standard InChI is InChI=1S/C15H16OS2/c1-12-7-8-14(16)15(18-10-9-17-12)11-13-5-3-2-4-6-13/h2-6,11H,1,7-10H2/b15-11-. The summed E-state index contributed by atoms with van der Waals surface area (Å²) in [4.78, 5) is 14.1. The number of carbonyl (C=O) groups is 1. The predicted octanol–water partition coefficient (Wildman–Crippen LogP) is 4.37. The third-order valence-electron chi connectivity index (χ3n) is 2.65. The summed E-state index contributed by atoms with van der Waals surface area (Å²) < 4.78 is 0. The van der Waals surface area contributed by atoms with Crippen molar-refractivity contribution in [1.82, 2.24) is 0 Å². The molecule has 0 atom stereocenters. The largest absolute Gasteiger partial charge is 0.294 e. The maximum absolute atomic E-state index is 12.1. The van der Waals surface area contributed by atoms with E-state index in [0.717, 1.165) is 33.3 Å². The van der Waals surface area contributed by atoms with Gasteiger partial charge in [-0.15, -0.1) is 23.5 Å². The minimum atomic E-state index is 0.243. The molecule has 3 heteroatoms. The van der Waals surface area contributed by atoms with Crippen molar-refractivity contribution in [3.63, 3.8) is 0 Å². The van der Waals surface area contributed by atoms with Gasteiger partial charge in [0.05, 0.1) is 4.91 Å². The first-order chi connectivity index (χ1) is 8.75. The number of rotatable bonds is 1. The molecule has 0 radical (unpaired) electrons. The Balaban J connectivity index is 2.16. The number of allylic oxidation sites excluding steroid dienone is 2. The number of Topliss-reactive ketones (excluding diaryl/α,β-unsaturated/α-hetero) is 1. The lowest BCUT2D eigenvalue weighted by atomic mass is 10.1. The quantitative estimate of drug-likeness (QED) is 0.709. The Hall–Kier alpha value is -0.930. The molecule has 1 aromatic carbocycles. The fourth-order valence-electron chi connectivity index (χ4n) is 1.69. The van der Waals surface area contributed by atoms with E-state index in [4.69, 9.17) is 0 Å². The lowest BCUT2D eigenvalue weighted by molar-refractivity contribution is -0.114. The Morgan fingerprint density at radius 2 is 1.78 bits per heavy atom. The van der Waals surface area contributed by atoms with Crippen LogP contribution in [0.2, 0.25) is 0 Å². The van der Waals surface area contributed by atoms with Crippen LogP contribution in [0.5, 0.6) is 0 Å². The Morgan fingerprint density at radius 3 is 2.56 bits per heavy atom. The molecule has 18 heavy (non-hydrogen) atoms. The van der Waals surface area contributed by atoms with Crippen LogP contribution in [0, 0.1) is 0 Å². The highest BCUT2D eigenvalue weighted by molar-refractivity contribution is 8.07. The molecule has 0 unspecified atom stereocenters. The summed E-state index contributed by atoms with van der Waals surface area (Å²) in [6, 6.07) is 10.0. The van der Waals surface area contributed by atoms with Crippen LogP contribution in [-0.4, -0.2) is 17.3 Å². The number of thioether (sulfide) groups is 2. The SMILES string of the molecule is C=C1CCC(=O)/C(=C/c2ccccc2)SCCS1. The first kappa shape index (κ1) is 13.5. The van der Waals surface area contributed by atoms with Crippen molar-refractivity contribution < 1.29 is 4.79 Å². The molecule has 1 saturated heterocycles. The van der Waals surface area contributed by atoms with E-state index in [0.29, 0.717) is 6.42 Å². The molecule has 1 aromatic rings. The molecule has 1 aliphatic heterocycles. The summed E-state index contributed by atoms with van der Waals surface area (Å²) in [6.45, 7) is 3.98. The zero-order valence-electron chi connectivity index (χ0n) is 10.2. The van der Waals surface area contributed by atoms with Gasteiger partial charge < -0.3 is 0 Å². The van der Waals surface area contributed by atoms with Gasteiger partial charge >= 0.3 is 0 Å². The topological polar surface area (TPSA) is 17.1 Å². The van der Waals surface area contributed by atoms with E-state index in [1.807, 2.05) is 36.4 Å². The molecule has 1 heterocycles. The first-order valence-corrected chi connectivity index (χ1v) is 7.96. The van der Waals surface area contributed by atoms with Crippen LogP contribution in [0.15, 0.2) is 46.7 Å². The van der Waals surface area contributed by atoms with Crippen LogP contribution in [0.3, 0.4) is 0 Å². The van der Waals surface area contributed by atoms with Gasteiger partial charge in [-0.3, -0.25) is 4.79 Å². The van der Waals surface area contributed by atoms with E-state index < -0.39 is 0 Å². The summed E-state index contributed by atoms with van der Waals surface area (Å²) in [5, 5.41) is 0. The Bertz CT molecular complexity index is 463. The van der Waals surface area contributed by atoms with Crippen molar-refractivity contribution in [2.24, 2.45) is 0 Å². The summed E-state index contributed by atoms with van der Waals surface area (Å²) in [7, 11) is 0. The van der Waals surface area contributed by atoms with E-state index in [9.17, 15) is 4.79 Å². The van der Waals surface area contributed by atoms with Crippen molar-refractivity contribution >= 4 is 35.4 Å². The first-order valence-electron chi connectivity index (χ1n) is 5.99. The summed E-state index contributed by atoms with van der Waals surface area (Å²) in [5.41, 5.74) is 1.10. The molecule has 0 bridgehead atoms. The number of hydrogen-bond donors (Lipinski definition) is 0. The molecule has 1 nitrogen and oxygen atoms in total. The summed E-state index contributed by atoms with van der Waals surface area (Å²) in [5.74, 6) is 2.24. The molecular weight excluding hydrogens is 260 g/mol.